The van der Waals surface area contributed by atoms with Crippen molar-refractivity contribution in [3.05, 3.63) is 59.1 Å². The van der Waals surface area contributed by atoms with Gasteiger partial charge >= 0.3 is 0 Å². The van der Waals surface area contributed by atoms with Crippen LogP contribution >= 0.6 is 11.6 Å². The smallest absolute Gasteiger partial charge is 0.240 e. The van der Waals surface area contributed by atoms with Crippen molar-refractivity contribution < 1.29 is 14.3 Å². The van der Waals surface area contributed by atoms with E-state index in [1.807, 2.05) is 36.4 Å². The van der Waals surface area contributed by atoms with Gasteiger partial charge in [-0.2, -0.15) is 0 Å². The molecule has 3 rings (SSSR count). The van der Waals surface area contributed by atoms with Gasteiger partial charge in [-0.3, -0.25) is 14.5 Å². The molecule has 25 heavy (non-hydrogen) atoms. The molecule has 0 aromatic heterocycles. The molecule has 0 saturated heterocycles. The Bertz CT molecular complexity index is 779. The largest absolute Gasteiger partial charge is 0.491 e. The van der Waals surface area contributed by atoms with Crippen molar-refractivity contribution in [1.29, 1.82) is 0 Å². The number of rotatable bonds is 5. The first-order chi connectivity index (χ1) is 12.1. The summed E-state index contributed by atoms with van der Waals surface area (Å²) in [5.41, 5.74) is 1.69. The van der Waals surface area contributed by atoms with E-state index in [-0.39, 0.29) is 24.8 Å². The molecule has 2 aromatic rings. The summed E-state index contributed by atoms with van der Waals surface area (Å²) in [5.74, 6) is 0.307. The molecule has 0 spiro atoms. The summed E-state index contributed by atoms with van der Waals surface area (Å²) in [7, 11) is 0. The molecular weight excluding hydrogens is 340 g/mol. The predicted molar refractivity (Wildman–Crippen MR) is 97.1 cm³/mol. The van der Waals surface area contributed by atoms with Crippen LogP contribution in [-0.2, 0) is 16.0 Å². The number of carbonyl (C=O) groups is 2. The fourth-order valence-corrected chi connectivity index (χ4v) is 2.94. The van der Waals surface area contributed by atoms with Crippen LogP contribution in [0.4, 0.5) is 5.69 Å². The third-order valence-electron chi connectivity index (χ3n) is 3.96. The van der Waals surface area contributed by atoms with Gasteiger partial charge in [0.1, 0.15) is 12.3 Å². The Morgan fingerprint density at radius 1 is 1.20 bits per heavy atom. The van der Waals surface area contributed by atoms with Crippen molar-refractivity contribution >= 4 is 29.1 Å². The molecule has 5 nitrogen and oxygen atoms in total. The van der Waals surface area contributed by atoms with Crippen LogP contribution in [0.3, 0.4) is 0 Å². The number of fused-ring (bicyclic) bond motifs is 1. The normalized spacial score (nSPS) is 13.6. The molecule has 0 fully saturated rings. The minimum Gasteiger partial charge on any atom is -0.491 e. The molecule has 0 saturated carbocycles. The van der Waals surface area contributed by atoms with Crippen LogP contribution in [-0.4, -0.2) is 31.5 Å². The lowest BCUT2D eigenvalue weighted by Crippen LogP contribution is -2.41. The van der Waals surface area contributed by atoms with E-state index in [4.69, 9.17) is 16.3 Å². The number of benzene rings is 2. The highest BCUT2D eigenvalue weighted by molar-refractivity contribution is 6.30. The van der Waals surface area contributed by atoms with Gasteiger partial charge in [-0.15, -0.1) is 0 Å². The molecule has 0 aliphatic carbocycles. The molecule has 0 unspecified atom stereocenters. The minimum absolute atomic E-state index is 0.0191. The Morgan fingerprint density at radius 2 is 2.04 bits per heavy atom. The van der Waals surface area contributed by atoms with Crippen LogP contribution in [0.5, 0.6) is 5.75 Å². The number of carbonyl (C=O) groups excluding carboxylic acids is 2. The molecule has 1 N–H and O–H groups in total. The van der Waals surface area contributed by atoms with Crippen LogP contribution in [0.15, 0.2) is 48.5 Å². The maximum Gasteiger partial charge on any atom is 0.240 e. The van der Waals surface area contributed by atoms with Gasteiger partial charge in [0.15, 0.2) is 0 Å². The van der Waals surface area contributed by atoms with Gasteiger partial charge in [-0.25, -0.2) is 0 Å². The fourth-order valence-electron chi connectivity index (χ4n) is 2.73. The Hall–Kier alpha value is -2.53. The van der Waals surface area contributed by atoms with Crippen LogP contribution in [0.25, 0.3) is 0 Å². The summed E-state index contributed by atoms with van der Waals surface area (Å²) in [5, 5.41) is 3.53. The third kappa shape index (κ3) is 4.51. The molecule has 0 atom stereocenters. The van der Waals surface area contributed by atoms with Gasteiger partial charge < -0.3 is 10.1 Å². The number of nitrogens with one attached hydrogen (secondary N) is 1. The highest BCUT2D eigenvalue weighted by Crippen LogP contribution is 2.30. The van der Waals surface area contributed by atoms with Crippen molar-refractivity contribution in [3.8, 4) is 5.75 Å². The molecule has 1 heterocycles. The number of para-hydroxylation sites is 2. The second-order valence-corrected chi connectivity index (χ2v) is 6.21. The van der Waals surface area contributed by atoms with E-state index in [1.165, 1.54) is 4.90 Å². The standard InChI is InChI=1S/C19H19ClN2O3/c20-15-5-3-4-14(12-15)8-10-21-18(23)13-22-16-6-1-2-7-17(16)25-11-9-19(22)24/h1-7,12H,8-11,13H2,(H,21,23). The topological polar surface area (TPSA) is 58.6 Å². The number of hydrogen-bond acceptors (Lipinski definition) is 3. The minimum atomic E-state index is -0.202. The number of nitrogens with zero attached hydrogens (tertiary/aromatic N) is 1. The van der Waals surface area contributed by atoms with Gasteiger partial charge in [0, 0.05) is 11.6 Å². The van der Waals surface area contributed by atoms with Crippen LogP contribution < -0.4 is 15.0 Å². The number of amides is 2. The zero-order valence-corrected chi connectivity index (χ0v) is 14.5. The molecule has 6 heteroatoms. The van der Waals surface area contributed by atoms with Gasteiger partial charge in [0.25, 0.3) is 0 Å². The SMILES string of the molecule is O=C(CN1C(=O)CCOc2ccccc21)NCCc1cccc(Cl)c1. The monoisotopic (exact) mass is 358 g/mol. The average molecular weight is 359 g/mol. The predicted octanol–water partition coefficient (Wildman–Crippen LogP) is 2.81. The summed E-state index contributed by atoms with van der Waals surface area (Å²) >= 11 is 5.95. The van der Waals surface area contributed by atoms with Crippen molar-refractivity contribution in [2.45, 2.75) is 12.8 Å². The summed E-state index contributed by atoms with van der Waals surface area (Å²) in [6, 6.07) is 14.8. The highest BCUT2D eigenvalue weighted by atomic mass is 35.5. The summed E-state index contributed by atoms with van der Waals surface area (Å²) in [6.45, 7) is 0.789. The highest BCUT2D eigenvalue weighted by Gasteiger charge is 2.24. The number of halogens is 1. The van der Waals surface area contributed by atoms with E-state index in [2.05, 4.69) is 5.32 Å². The van der Waals surface area contributed by atoms with E-state index in [9.17, 15) is 9.59 Å². The van der Waals surface area contributed by atoms with Crippen molar-refractivity contribution in [3.63, 3.8) is 0 Å². The average Bonchev–Trinajstić information content (AvgIpc) is 2.75. The molecule has 130 valence electrons. The van der Waals surface area contributed by atoms with E-state index in [1.54, 1.807) is 12.1 Å². The van der Waals surface area contributed by atoms with E-state index in [0.717, 1.165) is 5.56 Å². The van der Waals surface area contributed by atoms with Gasteiger partial charge in [-0.05, 0) is 36.2 Å². The summed E-state index contributed by atoms with van der Waals surface area (Å²) < 4.78 is 5.57. The van der Waals surface area contributed by atoms with Crippen molar-refractivity contribution in [2.75, 3.05) is 24.6 Å². The lowest BCUT2D eigenvalue weighted by molar-refractivity contribution is -0.123. The third-order valence-corrected chi connectivity index (χ3v) is 4.19. The van der Waals surface area contributed by atoms with Crippen LogP contribution in [0.2, 0.25) is 5.02 Å². The molecule has 0 bridgehead atoms. The molecule has 1 aliphatic rings. The second-order valence-electron chi connectivity index (χ2n) is 5.78. The maximum absolute atomic E-state index is 12.3. The van der Waals surface area contributed by atoms with Crippen LogP contribution in [0, 0.1) is 0 Å². The maximum atomic E-state index is 12.3. The quantitative estimate of drug-likeness (QED) is 0.894. The molecule has 1 aliphatic heterocycles. The number of ether oxygens (including phenoxy) is 1. The fraction of sp³-hybridized carbons (Fsp3) is 0.263. The van der Waals surface area contributed by atoms with Crippen LogP contribution in [0.1, 0.15) is 12.0 Å². The van der Waals surface area contributed by atoms with Crippen molar-refractivity contribution in [1.82, 2.24) is 5.32 Å². The summed E-state index contributed by atoms with van der Waals surface area (Å²) in [4.78, 5) is 26.0. The van der Waals surface area contributed by atoms with Crippen molar-refractivity contribution in [2.24, 2.45) is 0 Å². The molecule has 0 radical (unpaired) electrons. The van der Waals surface area contributed by atoms with Gasteiger partial charge in [0.05, 0.1) is 18.7 Å². The second kappa shape index (κ2) is 8.03. The first-order valence-corrected chi connectivity index (χ1v) is 8.54. The van der Waals surface area contributed by atoms with Gasteiger partial charge in [0.2, 0.25) is 11.8 Å². The lowest BCUT2D eigenvalue weighted by atomic mass is 10.1. The Kier molecular flexibility index (Phi) is 5.56. The molecule has 2 amide bonds. The zero-order chi connectivity index (χ0) is 17.6. The van der Waals surface area contributed by atoms with Gasteiger partial charge in [-0.1, -0.05) is 35.9 Å². The van der Waals surface area contributed by atoms with E-state index < -0.39 is 0 Å². The molecular formula is C19H19ClN2O3. The Labute approximate surface area is 151 Å². The number of anilines is 1. The first kappa shape index (κ1) is 17.3. The Morgan fingerprint density at radius 3 is 2.88 bits per heavy atom. The number of hydrogen-bond donors (Lipinski definition) is 1. The van der Waals surface area contributed by atoms with E-state index >= 15 is 0 Å². The molecule has 2 aromatic carbocycles. The summed E-state index contributed by atoms with van der Waals surface area (Å²) in [6.07, 6.45) is 0.935. The lowest BCUT2D eigenvalue weighted by Gasteiger charge is -2.21. The Balaban J connectivity index is 1.59. The first-order valence-electron chi connectivity index (χ1n) is 8.17. The van der Waals surface area contributed by atoms with E-state index in [0.29, 0.717) is 36.0 Å². The zero-order valence-electron chi connectivity index (χ0n) is 13.7.